The maximum atomic E-state index is 12.9. The van der Waals surface area contributed by atoms with Crippen LogP contribution in [-0.4, -0.2) is 74.0 Å². The Morgan fingerprint density at radius 3 is 2.09 bits per heavy atom. The van der Waals surface area contributed by atoms with Gasteiger partial charge in [-0.15, -0.1) is 0 Å². The van der Waals surface area contributed by atoms with E-state index in [1.807, 2.05) is 0 Å². The number of carboxylic acids is 2. The second-order valence-corrected chi connectivity index (χ2v) is 7.67. The molecule has 32 heavy (non-hydrogen) atoms. The summed E-state index contributed by atoms with van der Waals surface area (Å²) >= 11 is 0. The van der Waals surface area contributed by atoms with E-state index >= 15 is 0 Å². The van der Waals surface area contributed by atoms with Crippen LogP contribution in [0.5, 0.6) is 0 Å². The Kier molecular flexibility index (Phi) is 10.3. The van der Waals surface area contributed by atoms with Crippen LogP contribution >= 0.6 is 0 Å². The number of H-pyrrole nitrogens is 1. The van der Waals surface area contributed by atoms with Crippen molar-refractivity contribution in [3.05, 3.63) is 18.2 Å². The number of aliphatic carboxylic acids is 2. The molecule has 0 spiro atoms. The summed E-state index contributed by atoms with van der Waals surface area (Å²) in [5.41, 5.74) is 6.37. The largest absolute Gasteiger partial charge is 0.481 e. The van der Waals surface area contributed by atoms with Crippen molar-refractivity contribution in [1.29, 1.82) is 0 Å². The van der Waals surface area contributed by atoms with Gasteiger partial charge in [0.15, 0.2) is 0 Å². The van der Waals surface area contributed by atoms with E-state index < -0.39 is 60.2 Å². The van der Waals surface area contributed by atoms with Gasteiger partial charge < -0.3 is 36.9 Å². The average molecular weight is 454 g/mol. The Morgan fingerprint density at radius 2 is 1.59 bits per heavy atom. The van der Waals surface area contributed by atoms with E-state index in [9.17, 15) is 24.0 Å². The van der Waals surface area contributed by atoms with Crippen LogP contribution in [0, 0.1) is 5.92 Å². The van der Waals surface area contributed by atoms with Gasteiger partial charge in [0.25, 0.3) is 0 Å². The van der Waals surface area contributed by atoms with Crippen LogP contribution in [0.15, 0.2) is 12.5 Å². The Bertz CT molecular complexity index is 811. The Morgan fingerprint density at radius 1 is 1.00 bits per heavy atom. The predicted octanol–water partition coefficient (Wildman–Crippen LogP) is -1.64. The van der Waals surface area contributed by atoms with Gasteiger partial charge in [0.2, 0.25) is 17.7 Å². The summed E-state index contributed by atoms with van der Waals surface area (Å²) in [6, 6.07) is -4.61. The molecule has 0 aliphatic heterocycles. The lowest BCUT2D eigenvalue weighted by Crippen LogP contribution is -2.58. The van der Waals surface area contributed by atoms with Crippen LogP contribution in [0.2, 0.25) is 0 Å². The van der Waals surface area contributed by atoms with Crippen molar-refractivity contribution in [2.45, 2.75) is 64.2 Å². The van der Waals surface area contributed by atoms with Gasteiger partial charge in [0, 0.05) is 24.7 Å². The van der Waals surface area contributed by atoms with Gasteiger partial charge in [-0.2, -0.15) is 0 Å². The number of nitrogens with zero attached hydrogens (tertiary/aromatic N) is 1. The van der Waals surface area contributed by atoms with E-state index in [2.05, 4.69) is 25.9 Å². The molecule has 13 heteroatoms. The summed E-state index contributed by atoms with van der Waals surface area (Å²) in [5.74, 6) is -4.90. The Hall–Kier alpha value is -3.48. The van der Waals surface area contributed by atoms with E-state index in [-0.39, 0.29) is 18.8 Å². The molecule has 0 aliphatic carbocycles. The molecule has 4 unspecified atom stereocenters. The molecule has 0 bridgehead atoms. The van der Waals surface area contributed by atoms with Crippen LogP contribution in [0.25, 0.3) is 0 Å². The fourth-order valence-corrected chi connectivity index (χ4v) is 2.58. The van der Waals surface area contributed by atoms with Crippen LogP contribution < -0.4 is 21.7 Å². The third-order valence-electron chi connectivity index (χ3n) is 4.64. The zero-order valence-electron chi connectivity index (χ0n) is 18.1. The number of carbonyl (C=O) groups excluding carboxylic acids is 3. The highest BCUT2D eigenvalue weighted by atomic mass is 16.4. The SMILES string of the molecule is CC(NC(=O)C(CCC(=O)O)NC(=O)C(Cc1cnc[nH]1)NC(=O)C(N)C(C)C)C(=O)O. The van der Waals surface area contributed by atoms with E-state index in [0.717, 1.165) is 0 Å². The number of carbonyl (C=O) groups is 5. The highest BCUT2D eigenvalue weighted by Crippen LogP contribution is 2.05. The van der Waals surface area contributed by atoms with Gasteiger partial charge in [-0.1, -0.05) is 13.8 Å². The molecule has 0 saturated heterocycles. The Balaban J connectivity index is 3.02. The summed E-state index contributed by atoms with van der Waals surface area (Å²) in [6.07, 6.45) is 2.12. The molecule has 1 rings (SSSR count). The Labute approximate surface area is 184 Å². The van der Waals surface area contributed by atoms with Gasteiger partial charge in [-0.25, -0.2) is 4.98 Å². The summed E-state index contributed by atoms with van der Waals surface area (Å²) in [5, 5.41) is 25.1. The summed E-state index contributed by atoms with van der Waals surface area (Å²) in [6.45, 7) is 4.71. The van der Waals surface area contributed by atoms with Crippen LogP contribution in [0.1, 0.15) is 39.3 Å². The second-order valence-electron chi connectivity index (χ2n) is 7.67. The summed E-state index contributed by atoms with van der Waals surface area (Å²) in [7, 11) is 0. The smallest absolute Gasteiger partial charge is 0.325 e. The van der Waals surface area contributed by atoms with E-state index in [1.54, 1.807) is 13.8 Å². The van der Waals surface area contributed by atoms with E-state index in [0.29, 0.717) is 5.69 Å². The topological polar surface area (TPSA) is 217 Å². The highest BCUT2D eigenvalue weighted by molar-refractivity contribution is 5.94. The van der Waals surface area contributed by atoms with Gasteiger partial charge in [-0.05, 0) is 19.3 Å². The minimum Gasteiger partial charge on any atom is -0.481 e. The number of imidazole rings is 1. The van der Waals surface area contributed by atoms with E-state index in [1.165, 1.54) is 19.4 Å². The maximum Gasteiger partial charge on any atom is 0.325 e. The fraction of sp³-hybridized carbons (Fsp3) is 0.579. The zero-order valence-corrected chi connectivity index (χ0v) is 18.1. The number of hydrogen-bond acceptors (Lipinski definition) is 7. The first-order valence-corrected chi connectivity index (χ1v) is 10.0. The molecule has 3 amide bonds. The summed E-state index contributed by atoms with van der Waals surface area (Å²) < 4.78 is 0. The lowest BCUT2D eigenvalue weighted by atomic mass is 10.0. The van der Waals surface area contributed by atoms with Crippen molar-refractivity contribution in [3.8, 4) is 0 Å². The molecule has 0 aromatic carbocycles. The molecule has 1 heterocycles. The standard InChI is InChI=1S/C19H30N6O7/c1-9(2)15(20)18(30)25-13(6-11-7-21-8-22-11)17(29)24-12(4-5-14(26)27)16(28)23-10(3)19(31)32/h7-10,12-13,15H,4-6,20H2,1-3H3,(H,21,22)(H,23,28)(H,24,29)(H,25,30)(H,26,27)(H,31,32). The summed E-state index contributed by atoms with van der Waals surface area (Å²) in [4.78, 5) is 66.4. The number of nitrogens with two attached hydrogens (primary N) is 1. The third kappa shape index (κ3) is 8.71. The number of rotatable bonds is 13. The number of amides is 3. The minimum absolute atomic E-state index is 0.00118. The molecule has 0 radical (unpaired) electrons. The van der Waals surface area contributed by atoms with Crippen molar-refractivity contribution >= 4 is 29.7 Å². The molecule has 0 fully saturated rings. The number of aromatic amines is 1. The van der Waals surface area contributed by atoms with Gasteiger partial charge in [0.05, 0.1) is 12.4 Å². The van der Waals surface area contributed by atoms with Crippen LogP contribution in [0.3, 0.4) is 0 Å². The van der Waals surface area contributed by atoms with Crippen LogP contribution in [-0.2, 0) is 30.4 Å². The molecular weight excluding hydrogens is 424 g/mol. The molecule has 178 valence electrons. The monoisotopic (exact) mass is 454 g/mol. The first-order valence-electron chi connectivity index (χ1n) is 10.0. The van der Waals surface area contributed by atoms with Crippen molar-refractivity contribution in [2.75, 3.05) is 0 Å². The van der Waals surface area contributed by atoms with Crippen molar-refractivity contribution in [3.63, 3.8) is 0 Å². The molecule has 1 aromatic rings. The van der Waals surface area contributed by atoms with Gasteiger partial charge in [-0.3, -0.25) is 24.0 Å². The number of aromatic nitrogens is 2. The number of carboxylic acid groups (broad SMARTS) is 2. The molecule has 13 nitrogen and oxygen atoms in total. The highest BCUT2D eigenvalue weighted by Gasteiger charge is 2.30. The fourth-order valence-electron chi connectivity index (χ4n) is 2.58. The molecule has 0 aliphatic rings. The lowest BCUT2D eigenvalue weighted by Gasteiger charge is -2.25. The maximum absolute atomic E-state index is 12.9. The quantitative estimate of drug-likeness (QED) is 0.181. The van der Waals surface area contributed by atoms with Crippen LogP contribution in [0.4, 0.5) is 0 Å². The predicted molar refractivity (Wildman–Crippen MR) is 111 cm³/mol. The molecular formula is C19H30N6O7. The van der Waals surface area contributed by atoms with E-state index in [4.69, 9.17) is 15.9 Å². The molecule has 4 atom stereocenters. The van der Waals surface area contributed by atoms with Crippen molar-refractivity contribution in [2.24, 2.45) is 11.7 Å². The second kappa shape index (κ2) is 12.4. The first kappa shape index (κ1) is 26.6. The van der Waals surface area contributed by atoms with Gasteiger partial charge in [0.1, 0.15) is 18.1 Å². The first-order chi connectivity index (χ1) is 14.9. The lowest BCUT2D eigenvalue weighted by molar-refractivity contribution is -0.142. The average Bonchev–Trinajstić information content (AvgIpc) is 3.22. The molecule has 1 aromatic heterocycles. The molecule has 8 N–H and O–H groups in total. The van der Waals surface area contributed by atoms with Gasteiger partial charge >= 0.3 is 11.9 Å². The number of hydrogen-bond donors (Lipinski definition) is 7. The zero-order chi connectivity index (χ0) is 24.4. The minimum atomic E-state index is -1.33. The van der Waals surface area contributed by atoms with Crippen molar-refractivity contribution in [1.82, 2.24) is 25.9 Å². The normalized spacial score (nSPS) is 14.7. The number of nitrogens with one attached hydrogen (secondary N) is 4. The molecule has 0 saturated carbocycles. The third-order valence-corrected chi connectivity index (χ3v) is 4.64. The van der Waals surface area contributed by atoms with Crippen molar-refractivity contribution < 1.29 is 34.2 Å².